The highest BCUT2D eigenvalue weighted by Crippen LogP contribution is 2.35. The molecule has 7 heteroatoms. The van der Waals surface area contributed by atoms with Crippen molar-refractivity contribution >= 4 is 5.78 Å². The lowest BCUT2D eigenvalue weighted by Crippen LogP contribution is -2.24. The van der Waals surface area contributed by atoms with Crippen molar-refractivity contribution in [3.8, 4) is 0 Å². The van der Waals surface area contributed by atoms with Crippen LogP contribution in [0.25, 0.3) is 0 Å². The largest absolute Gasteiger partial charge is 0.332 e. The number of benzene rings is 2. The number of carbonyl (C=O) groups excluding carboxylic acids is 1. The van der Waals surface area contributed by atoms with E-state index >= 15 is 0 Å². The van der Waals surface area contributed by atoms with Crippen LogP contribution in [0.1, 0.15) is 21.5 Å². The van der Waals surface area contributed by atoms with Gasteiger partial charge in [-0.3, -0.25) is 4.79 Å². The van der Waals surface area contributed by atoms with Crippen LogP contribution >= 0.6 is 0 Å². The summed E-state index contributed by atoms with van der Waals surface area (Å²) in [6.07, 6.45) is -4.04. The summed E-state index contributed by atoms with van der Waals surface area (Å²) in [5.74, 6) is -7.34. The van der Waals surface area contributed by atoms with Gasteiger partial charge in [-0.25, -0.2) is 17.6 Å². The van der Waals surface area contributed by atoms with Crippen molar-refractivity contribution in [1.82, 2.24) is 0 Å². The summed E-state index contributed by atoms with van der Waals surface area (Å²) in [6, 6.07) is 5.47. The van der Waals surface area contributed by atoms with E-state index in [2.05, 4.69) is 0 Å². The molecule has 0 saturated carbocycles. The van der Waals surface area contributed by atoms with Crippen molar-refractivity contribution < 1.29 is 31.1 Å². The predicted molar refractivity (Wildman–Crippen MR) is 66.1 cm³/mol. The number of rotatable bonds is 4. The first-order valence-electron chi connectivity index (χ1n) is 5.99. The molecule has 0 saturated heterocycles. The van der Waals surface area contributed by atoms with Gasteiger partial charge < -0.3 is 0 Å². The van der Waals surface area contributed by atoms with E-state index in [0.717, 1.165) is 24.3 Å². The highest BCUT2D eigenvalue weighted by atomic mass is 19.3. The first kappa shape index (κ1) is 16.1. The Labute approximate surface area is 121 Å². The van der Waals surface area contributed by atoms with E-state index in [-0.39, 0.29) is 11.6 Å². The van der Waals surface area contributed by atoms with Crippen molar-refractivity contribution in [1.29, 1.82) is 0 Å². The van der Waals surface area contributed by atoms with Crippen molar-refractivity contribution in [2.45, 2.75) is 12.3 Å². The van der Waals surface area contributed by atoms with Crippen LogP contribution in [0.2, 0.25) is 0 Å². The zero-order valence-electron chi connectivity index (χ0n) is 10.8. The van der Waals surface area contributed by atoms with Crippen LogP contribution in [-0.2, 0) is 5.92 Å². The second-order valence-corrected chi connectivity index (χ2v) is 4.49. The molecule has 0 aromatic heterocycles. The summed E-state index contributed by atoms with van der Waals surface area (Å²) in [4.78, 5) is 12.0. The predicted octanol–water partition coefficient (Wildman–Crippen LogP) is 4.55. The molecule has 0 spiro atoms. The van der Waals surface area contributed by atoms with E-state index in [1.54, 1.807) is 0 Å². The maximum Gasteiger partial charge on any atom is 0.332 e. The molecule has 0 aliphatic carbocycles. The Hall–Kier alpha value is -2.31. The van der Waals surface area contributed by atoms with Gasteiger partial charge in [0.2, 0.25) is 0 Å². The standard InChI is InChI=1S/C15H8F6O/c16-11-3-1-8(2-4-11)13(22)9-5-10(7-12(17)6-9)15(20,21)14(18)19/h1-7,14H. The molecule has 0 bridgehead atoms. The second kappa shape index (κ2) is 5.82. The van der Waals surface area contributed by atoms with Crippen molar-refractivity contribution in [2.75, 3.05) is 0 Å². The first-order valence-corrected chi connectivity index (χ1v) is 5.99. The second-order valence-electron chi connectivity index (χ2n) is 4.49. The molecule has 0 fully saturated rings. The summed E-state index contributed by atoms with van der Waals surface area (Å²) in [7, 11) is 0. The Balaban J connectivity index is 2.46. The minimum Gasteiger partial charge on any atom is -0.289 e. The van der Waals surface area contributed by atoms with Crippen LogP contribution in [0.4, 0.5) is 26.3 Å². The van der Waals surface area contributed by atoms with Gasteiger partial charge in [0, 0.05) is 16.7 Å². The van der Waals surface area contributed by atoms with Crippen molar-refractivity contribution in [3.63, 3.8) is 0 Å². The van der Waals surface area contributed by atoms with Crippen LogP contribution in [0.3, 0.4) is 0 Å². The number of hydrogen-bond donors (Lipinski definition) is 0. The molecular weight excluding hydrogens is 310 g/mol. The van der Waals surface area contributed by atoms with Gasteiger partial charge in [0.25, 0.3) is 0 Å². The maximum absolute atomic E-state index is 13.4. The third kappa shape index (κ3) is 3.13. The molecule has 2 rings (SSSR count). The molecule has 0 aliphatic rings. The summed E-state index contributed by atoms with van der Waals surface area (Å²) in [5.41, 5.74) is -1.91. The highest BCUT2D eigenvalue weighted by molar-refractivity contribution is 6.09. The fourth-order valence-electron chi connectivity index (χ4n) is 1.81. The smallest absolute Gasteiger partial charge is 0.289 e. The molecule has 0 amide bonds. The van der Waals surface area contributed by atoms with Crippen LogP contribution in [0, 0.1) is 11.6 Å². The van der Waals surface area contributed by atoms with Gasteiger partial charge >= 0.3 is 12.3 Å². The lowest BCUT2D eigenvalue weighted by Gasteiger charge is -2.16. The molecule has 0 atom stereocenters. The topological polar surface area (TPSA) is 17.1 Å². The Morgan fingerprint density at radius 2 is 1.45 bits per heavy atom. The molecule has 0 heterocycles. The van der Waals surface area contributed by atoms with Crippen molar-refractivity contribution in [2.24, 2.45) is 0 Å². The van der Waals surface area contributed by atoms with E-state index in [9.17, 15) is 31.1 Å². The summed E-state index contributed by atoms with van der Waals surface area (Å²) >= 11 is 0. The SMILES string of the molecule is O=C(c1ccc(F)cc1)c1cc(F)cc(C(F)(F)C(F)F)c1. The third-order valence-electron chi connectivity index (χ3n) is 2.93. The summed E-state index contributed by atoms with van der Waals surface area (Å²) in [6.45, 7) is 0. The lowest BCUT2D eigenvalue weighted by molar-refractivity contribution is -0.135. The summed E-state index contributed by atoms with van der Waals surface area (Å²) < 4.78 is 77.4. The normalized spacial score (nSPS) is 11.8. The number of carbonyl (C=O) groups is 1. The Morgan fingerprint density at radius 3 is 2.00 bits per heavy atom. The molecule has 116 valence electrons. The minimum absolute atomic E-state index is 0.0849. The van der Waals surface area contributed by atoms with Crippen LogP contribution < -0.4 is 0 Å². The molecule has 0 N–H and O–H groups in total. The fraction of sp³-hybridized carbons (Fsp3) is 0.133. The van der Waals surface area contributed by atoms with E-state index in [1.807, 2.05) is 0 Å². The average molecular weight is 318 g/mol. The van der Waals surface area contributed by atoms with Gasteiger partial charge in [-0.15, -0.1) is 0 Å². The Bertz CT molecular complexity index is 694. The molecular formula is C15H8F6O. The summed E-state index contributed by atoms with van der Waals surface area (Å²) in [5, 5.41) is 0. The van der Waals surface area contributed by atoms with Gasteiger partial charge in [-0.05, 0) is 42.5 Å². The third-order valence-corrected chi connectivity index (χ3v) is 2.93. The Kier molecular flexibility index (Phi) is 4.25. The van der Waals surface area contributed by atoms with Gasteiger partial charge in [0.15, 0.2) is 5.78 Å². The first-order chi connectivity index (χ1) is 10.2. The molecule has 0 unspecified atom stereocenters. The highest BCUT2D eigenvalue weighted by Gasteiger charge is 2.43. The lowest BCUT2D eigenvalue weighted by atomic mass is 9.99. The van der Waals surface area contributed by atoms with E-state index < -0.39 is 40.9 Å². The van der Waals surface area contributed by atoms with Gasteiger partial charge in [0.05, 0.1) is 0 Å². The number of ketones is 1. The zero-order chi connectivity index (χ0) is 16.5. The van der Waals surface area contributed by atoms with E-state index in [4.69, 9.17) is 0 Å². The van der Waals surface area contributed by atoms with Crippen LogP contribution in [0.15, 0.2) is 42.5 Å². The molecule has 0 aliphatic heterocycles. The monoisotopic (exact) mass is 318 g/mol. The van der Waals surface area contributed by atoms with Gasteiger partial charge in [0.1, 0.15) is 11.6 Å². The zero-order valence-corrected chi connectivity index (χ0v) is 10.8. The van der Waals surface area contributed by atoms with Crippen LogP contribution in [0.5, 0.6) is 0 Å². The van der Waals surface area contributed by atoms with Crippen LogP contribution in [-0.4, -0.2) is 12.2 Å². The average Bonchev–Trinajstić information content (AvgIpc) is 2.46. The van der Waals surface area contributed by atoms with Gasteiger partial charge in [-0.1, -0.05) is 0 Å². The van der Waals surface area contributed by atoms with Crippen molar-refractivity contribution in [3.05, 3.63) is 70.8 Å². The molecule has 22 heavy (non-hydrogen) atoms. The molecule has 2 aromatic rings. The maximum atomic E-state index is 13.4. The molecule has 0 radical (unpaired) electrons. The quantitative estimate of drug-likeness (QED) is 0.597. The number of alkyl halides is 4. The van der Waals surface area contributed by atoms with E-state index in [0.29, 0.717) is 12.1 Å². The number of hydrogen-bond acceptors (Lipinski definition) is 1. The molecule has 2 aromatic carbocycles. The van der Waals surface area contributed by atoms with Gasteiger partial charge in [-0.2, -0.15) is 8.78 Å². The van der Waals surface area contributed by atoms with E-state index in [1.165, 1.54) is 0 Å². The number of halogens is 6. The molecule has 1 nitrogen and oxygen atoms in total. The Morgan fingerprint density at radius 1 is 0.864 bits per heavy atom. The fourth-order valence-corrected chi connectivity index (χ4v) is 1.81. The minimum atomic E-state index is -4.58.